The van der Waals surface area contributed by atoms with Crippen molar-refractivity contribution < 1.29 is 22.6 Å². The van der Waals surface area contributed by atoms with Crippen LogP contribution in [0, 0.1) is 17.5 Å². The molecule has 3 aromatic heterocycles. The number of hydrogen-bond donors (Lipinski definition) is 1. The van der Waals surface area contributed by atoms with Gasteiger partial charge in [0, 0.05) is 12.6 Å². The fourth-order valence-corrected chi connectivity index (χ4v) is 5.29. The average Bonchev–Trinajstić information content (AvgIpc) is 3.59. The smallest absolute Gasteiger partial charge is 0.332 e. The van der Waals surface area contributed by atoms with E-state index in [4.69, 9.17) is 21.1 Å². The second-order valence-corrected chi connectivity index (χ2v) is 10.3. The molecule has 0 aliphatic rings. The summed E-state index contributed by atoms with van der Waals surface area (Å²) in [5.74, 6) is -4.21. The number of H-pyrrole nitrogens is 1. The van der Waals surface area contributed by atoms with Gasteiger partial charge in [0.2, 0.25) is 0 Å². The summed E-state index contributed by atoms with van der Waals surface area (Å²) in [5, 5.41) is 4.47. The Kier molecular flexibility index (Phi) is 7.37. The van der Waals surface area contributed by atoms with Crippen LogP contribution in [0.25, 0.3) is 33.1 Å². The van der Waals surface area contributed by atoms with Crippen molar-refractivity contribution in [1.82, 2.24) is 33.9 Å². The van der Waals surface area contributed by atoms with Gasteiger partial charge in [0.25, 0.3) is 11.6 Å². The van der Waals surface area contributed by atoms with Gasteiger partial charge in [-0.25, -0.2) is 22.9 Å². The molecule has 0 unspecified atom stereocenters. The van der Waals surface area contributed by atoms with Crippen LogP contribution in [0.15, 0.2) is 52.3 Å². The van der Waals surface area contributed by atoms with Crippen molar-refractivity contribution in [2.24, 2.45) is 7.05 Å². The minimum atomic E-state index is -1.64. The zero-order valence-corrected chi connectivity index (χ0v) is 24.2. The molecular formula is C29H23ClF3N7O4. The van der Waals surface area contributed by atoms with Crippen LogP contribution in [0.1, 0.15) is 18.3 Å². The van der Waals surface area contributed by atoms with Crippen LogP contribution in [-0.4, -0.2) is 47.6 Å². The molecule has 1 N–H and O–H groups in total. The lowest BCUT2D eigenvalue weighted by atomic mass is 10.0. The van der Waals surface area contributed by atoms with Gasteiger partial charge in [0.15, 0.2) is 23.3 Å². The summed E-state index contributed by atoms with van der Waals surface area (Å²) in [6.07, 6.45) is 1.41. The molecular weight excluding hydrogens is 603 g/mol. The monoisotopic (exact) mass is 625 g/mol. The number of hydrogen-bond acceptors (Lipinski definition) is 7. The lowest BCUT2D eigenvalue weighted by Gasteiger charge is -2.17. The van der Waals surface area contributed by atoms with Crippen LogP contribution in [0.5, 0.6) is 11.8 Å². The lowest BCUT2D eigenvalue weighted by molar-refractivity contribution is 0.317. The van der Waals surface area contributed by atoms with Gasteiger partial charge in [-0.05, 0) is 54.4 Å². The summed E-state index contributed by atoms with van der Waals surface area (Å²) in [7, 11) is 2.99. The normalized spacial score (nSPS) is 11.5. The van der Waals surface area contributed by atoms with E-state index in [2.05, 4.69) is 20.1 Å². The molecule has 0 radical (unpaired) electrons. The Balaban J connectivity index is 1.62. The Bertz CT molecular complexity index is 2180. The number of rotatable bonds is 8. The Hall–Kier alpha value is -5.11. The molecule has 3 heterocycles. The molecule has 0 spiro atoms. The Morgan fingerprint density at radius 2 is 1.75 bits per heavy atom. The first kappa shape index (κ1) is 29.0. The standard InChI is InChI=1S/C29H23ClF3N7O4/c1-4-44-28-35-20-9-16(17(30)10-21(20)36-28)15-7-22-25(23(8-15)43-3)27(41)40(12-24-34-13-38(2)37-24)29(42)39(22)11-14-5-18(31)26(33)19(32)6-14/h5-10,13H,4,11-12H2,1-3H3,(H,35,36). The molecule has 0 saturated carbocycles. The number of benzene rings is 3. The SMILES string of the molecule is CCOc1nc2cc(-c3cc(OC)c4c(=O)n(Cc5ncn(C)n5)c(=O)n(Cc5cc(F)c(F)c(F)c5)c4c3)c(Cl)cc2[nH]1. The first-order valence-electron chi connectivity index (χ1n) is 13.2. The van der Waals surface area contributed by atoms with Crippen molar-refractivity contribution in [3.05, 3.63) is 97.4 Å². The predicted octanol–water partition coefficient (Wildman–Crippen LogP) is 4.41. The Morgan fingerprint density at radius 3 is 2.41 bits per heavy atom. The van der Waals surface area contributed by atoms with E-state index in [1.807, 2.05) is 6.92 Å². The van der Waals surface area contributed by atoms with E-state index in [-0.39, 0.29) is 34.6 Å². The highest BCUT2D eigenvalue weighted by Crippen LogP contribution is 2.36. The van der Waals surface area contributed by atoms with E-state index >= 15 is 0 Å². The molecule has 15 heteroatoms. The number of aromatic nitrogens is 7. The largest absolute Gasteiger partial charge is 0.496 e. The first-order valence-corrected chi connectivity index (χ1v) is 13.6. The van der Waals surface area contributed by atoms with Crippen LogP contribution in [0.3, 0.4) is 0 Å². The van der Waals surface area contributed by atoms with Crippen molar-refractivity contribution >= 4 is 33.5 Å². The molecule has 44 heavy (non-hydrogen) atoms. The summed E-state index contributed by atoms with van der Waals surface area (Å²) in [6, 6.07) is 8.37. The van der Waals surface area contributed by atoms with Crippen molar-refractivity contribution in [2.45, 2.75) is 20.0 Å². The number of nitrogens with zero attached hydrogens (tertiary/aromatic N) is 6. The van der Waals surface area contributed by atoms with Gasteiger partial charge < -0.3 is 14.5 Å². The number of fused-ring (bicyclic) bond motifs is 2. The molecule has 0 aliphatic heterocycles. The highest BCUT2D eigenvalue weighted by molar-refractivity contribution is 6.34. The molecule has 0 fully saturated rings. The lowest BCUT2D eigenvalue weighted by Crippen LogP contribution is -2.41. The highest BCUT2D eigenvalue weighted by Gasteiger charge is 2.22. The number of aryl methyl sites for hydroxylation is 1. The van der Waals surface area contributed by atoms with Crippen LogP contribution in [0.4, 0.5) is 13.2 Å². The second-order valence-electron chi connectivity index (χ2n) is 9.86. The number of aromatic amines is 1. The summed E-state index contributed by atoms with van der Waals surface area (Å²) in [4.78, 5) is 39.3. The number of nitrogens with one attached hydrogen (secondary N) is 1. The topological polar surface area (TPSA) is 122 Å². The molecule has 226 valence electrons. The zero-order valence-electron chi connectivity index (χ0n) is 23.5. The van der Waals surface area contributed by atoms with Gasteiger partial charge in [0.1, 0.15) is 17.5 Å². The Morgan fingerprint density at radius 1 is 1.00 bits per heavy atom. The minimum absolute atomic E-state index is 0.00504. The van der Waals surface area contributed by atoms with Gasteiger partial charge in [-0.1, -0.05) is 11.6 Å². The van der Waals surface area contributed by atoms with Crippen LogP contribution in [0.2, 0.25) is 5.02 Å². The molecule has 11 nitrogen and oxygen atoms in total. The summed E-state index contributed by atoms with van der Waals surface area (Å²) in [5.41, 5.74) is 0.605. The van der Waals surface area contributed by atoms with Gasteiger partial charge in [-0.3, -0.25) is 18.6 Å². The van der Waals surface area contributed by atoms with Crippen LogP contribution < -0.4 is 20.7 Å². The predicted molar refractivity (Wildman–Crippen MR) is 156 cm³/mol. The minimum Gasteiger partial charge on any atom is -0.496 e. The number of halogens is 4. The Labute approximate surface area is 251 Å². The third-order valence-electron chi connectivity index (χ3n) is 6.98. The van der Waals surface area contributed by atoms with Gasteiger partial charge in [-0.2, -0.15) is 10.1 Å². The quantitative estimate of drug-likeness (QED) is 0.249. The fraction of sp³-hybridized carbons (Fsp3) is 0.207. The van der Waals surface area contributed by atoms with Crippen LogP contribution in [-0.2, 0) is 20.1 Å². The van der Waals surface area contributed by atoms with E-state index in [1.165, 1.54) is 18.1 Å². The summed E-state index contributed by atoms with van der Waals surface area (Å²) >= 11 is 6.67. The van der Waals surface area contributed by atoms with Crippen molar-refractivity contribution in [3.63, 3.8) is 0 Å². The van der Waals surface area contributed by atoms with Gasteiger partial charge >= 0.3 is 5.69 Å². The highest BCUT2D eigenvalue weighted by atomic mass is 35.5. The van der Waals surface area contributed by atoms with E-state index in [9.17, 15) is 22.8 Å². The molecule has 6 rings (SSSR count). The molecule has 0 bridgehead atoms. The maximum Gasteiger partial charge on any atom is 0.332 e. The van der Waals surface area contributed by atoms with E-state index < -0.39 is 35.2 Å². The van der Waals surface area contributed by atoms with Gasteiger partial charge in [0.05, 0.1) is 48.4 Å². The van der Waals surface area contributed by atoms with E-state index in [0.29, 0.717) is 39.8 Å². The molecule has 0 saturated heterocycles. The van der Waals surface area contributed by atoms with Crippen LogP contribution >= 0.6 is 11.6 Å². The molecule has 0 atom stereocenters. The summed E-state index contributed by atoms with van der Waals surface area (Å²) < 4.78 is 56.7. The maximum absolute atomic E-state index is 14.2. The number of imidazole rings is 1. The van der Waals surface area contributed by atoms with E-state index in [0.717, 1.165) is 21.3 Å². The summed E-state index contributed by atoms with van der Waals surface area (Å²) in [6.45, 7) is 1.50. The number of ether oxygens (including phenoxy) is 2. The van der Waals surface area contributed by atoms with E-state index in [1.54, 1.807) is 31.3 Å². The third kappa shape index (κ3) is 5.06. The second kappa shape index (κ2) is 11.2. The average molecular weight is 626 g/mol. The third-order valence-corrected chi connectivity index (χ3v) is 7.30. The molecule has 0 amide bonds. The first-order chi connectivity index (χ1) is 21.1. The molecule has 6 aromatic rings. The van der Waals surface area contributed by atoms with Crippen molar-refractivity contribution in [3.8, 4) is 22.9 Å². The molecule has 3 aromatic carbocycles. The van der Waals surface area contributed by atoms with Gasteiger partial charge in [-0.15, -0.1) is 0 Å². The van der Waals surface area contributed by atoms with Crippen molar-refractivity contribution in [2.75, 3.05) is 13.7 Å². The fourth-order valence-electron chi connectivity index (χ4n) is 5.02. The number of methoxy groups -OCH3 is 1. The molecule has 0 aliphatic carbocycles. The zero-order chi connectivity index (χ0) is 31.3. The maximum atomic E-state index is 14.2. The van der Waals surface area contributed by atoms with Crippen molar-refractivity contribution in [1.29, 1.82) is 0 Å².